The molecule has 0 unspecified atom stereocenters. The van der Waals surface area contributed by atoms with Crippen LogP contribution in [0.5, 0.6) is 5.75 Å². The van der Waals surface area contributed by atoms with Crippen molar-refractivity contribution in [1.29, 1.82) is 0 Å². The van der Waals surface area contributed by atoms with Crippen LogP contribution in [-0.2, 0) is 13.0 Å². The Morgan fingerprint density at radius 1 is 1.47 bits per heavy atom. The van der Waals surface area contributed by atoms with Crippen molar-refractivity contribution in [1.82, 2.24) is 9.55 Å². The van der Waals surface area contributed by atoms with Gasteiger partial charge in [0.1, 0.15) is 5.82 Å². The summed E-state index contributed by atoms with van der Waals surface area (Å²) in [6, 6.07) is 4.11. The third-order valence-corrected chi connectivity index (χ3v) is 2.93. The summed E-state index contributed by atoms with van der Waals surface area (Å²) < 4.78 is 20.0. The SMILES string of the molecule is CCn1ccnc1CC(=O)c1ccc(F)c(OC)c1. The van der Waals surface area contributed by atoms with Gasteiger partial charge in [-0.1, -0.05) is 0 Å². The Balaban J connectivity index is 2.20. The highest BCUT2D eigenvalue weighted by atomic mass is 19.1. The highest BCUT2D eigenvalue weighted by molar-refractivity contribution is 5.97. The second kappa shape index (κ2) is 5.65. The number of halogens is 1. The number of aryl methyl sites for hydroxylation is 1. The van der Waals surface area contributed by atoms with Gasteiger partial charge in [0.2, 0.25) is 0 Å². The lowest BCUT2D eigenvalue weighted by Gasteiger charge is -2.06. The van der Waals surface area contributed by atoms with Crippen LogP contribution in [0.15, 0.2) is 30.6 Å². The first-order valence-electron chi connectivity index (χ1n) is 6.02. The Labute approximate surface area is 110 Å². The molecule has 0 atom stereocenters. The number of nitrogens with zero attached hydrogens (tertiary/aromatic N) is 2. The Kier molecular flexibility index (Phi) is 3.94. The fourth-order valence-corrected chi connectivity index (χ4v) is 1.87. The molecular weight excluding hydrogens is 247 g/mol. The molecule has 1 heterocycles. The molecule has 0 amide bonds. The molecule has 0 saturated heterocycles. The quantitative estimate of drug-likeness (QED) is 0.777. The van der Waals surface area contributed by atoms with E-state index in [4.69, 9.17) is 4.74 Å². The van der Waals surface area contributed by atoms with Crippen LogP contribution in [0.2, 0.25) is 0 Å². The predicted octanol–water partition coefficient (Wildman–Crippen LogP) is 2.48. The van der Waals surface area contributed by atoms with Gasteiger partial charge in [-0.3, -0.25) is 4.79 Å². The van der Waals surface area contributed by atoms with E-state index in [1.807, 2.05) is 17.7 Å². The fraction of sp³-hybridized carbons (Fsp3) is 0.286. The van der Waals surface area contributed by atoms with Gasteiger partial charge in [-0.15, -0.1) is 0 Å². The summed E-state index contributed by atoms with van der Waals surface area (Å²) >= 11 is 0. The maximum Gasteiger partial charge on any atom is 0.170 e. The van der Waals surface area contributed by atoms with Gasteiger partial charge in [-0.25, -0.2) is 9.37 Å². The summed E-state index contributed by atoms with van der Waals surface area (Å²) in [4.78, 5) is 16.3. The first-order valence-corrected chi connectivity index (χ1v) is 6.02. The number of ketones is 1. The summed E-state index contributed by atoms with van der Waals surface area (Å²) in [5.41, 5.74) is 0.420. The number of ether oxygens (including phenoxy) is 1. The van der Waals surface area contributed by atoms with Gasteiger partial charge in [-0.2, -0.15) is 0 Å². The summed E-state index contributed by atoms with van der Waals surface area (Å²) in [5, 5.41) is 0. The molecule has 0 fully saturated rings. The van der Waals surface area contributed by atoms with Crippen LogP contribution in [0.3, 0.4) is 0 Å². The van der Waals surface area contributed by atoms with Crippen LogP contribution >= 0.6 is 0 Å². The minimum Gasteiger partial charge on any atom is -0.494 e. The number of hydrogen-bond acceptors (Lipinski definition) is 3. The molecule has 4 nitrogen and oxygen atoms in total. The number of imidazole rings is 1. The number of Topliss-reactive ketones (excluding diaryl/α,β-unsaturated/α-hetero) is 1. The van der Waals surface area contributed by atoms with E-state index in [1.54, 1.807) is 6.20 Å². The van der Waals surface area contributed by atoms with Gasteiger partial charge < -0.3 is 9.30 Å². The summed E-state index contributed by atoms with van der Waals surface area (Å²) in [5.74, 6) is 0.189. The minimum absolute atomic E-state index is 0.0738. The van der Waals surface area contributed by atoms with Crippen LogP contribution in [0.4, 0.5) is 4.39 Å². The molecule has 19 heavy (non-hydrogen) atoms. The number of carbonyl (C=O) groups is 1. The summed E-state index contributed by atoms with van der Waals surface area (Å²) in [7, 11) is 1.37. The van der Waals surface area contributed by atoms with Crippen molar-refractivity contribution >= 4 is 5.78 Å². The first-order chi connectivity index (χ1) is 9.15. The first kappa shape index (κ1) is 13.3. The molecule has 0 saturated carbocycles. The lowest BCUT2D eigenvalue weighted by atomic mass is 10.1. The number of carbonyl (C=O) groups excluding carboxylic acids is 1. The molecule has 0 N–H and O–H groups in total. The Bertz CT molecular complexity index is 593. The maximum atomic E-state index is 13.3. The van der Waals surface area contributed by atoms with E-state index >= 15 is 0 Å². The average Bonchev–Trinajstić information content (AvgIpc) is 2.86. The van der Waals surface area contributed by atoms with E-state index in [2.05, 4.69) is 4.98 Å². The smallest absolute Gasteiger partial charge is 0.170 e. The van der Waals surface area contributed by atoms with E-state index < -0.39 is 5.82 Å². The molecule has 2 rings (SSSR count). The zero-order valence-electron chi connectivity index (χ0n) is 10.9. The molecule has 5 heteroatoms. The highest BCUT2D eigenvalue weighted by Gasteiger charge is 2.13. The van der Waals surface area contributed by atoms with E-state index in [-0.39, 0.29) is 18.0 Å². The largest absolute Gasteiger partial charge is 0.494 e. The summed E-state index contributed by atoms with van der Waals surface area (Å²) in [6.45, 7) is 2.74. The van der Waals surface area contributed by atoms with Crippen molar-refractivity contribution in [2.75, 3.05) is 7.11 Å². The van der Waals surface area contributed by atoms with Crippen LogP contribution in [0.1, 0.15) is 23.1 Å². The van der Waals surface area contributed by atoms with Gasteiger partial charge in [0.05, 0.1) is 13.5 Å². The Hall–Kier alpha value is -2.17. The van der Waals surface area contributed by atoms with E-state index in [9.17, 15) is 9.18 Å². The van der Waals surface area contributed by atoms with E-state index in [0.29, 0.717) is 11.4 Å². The molecule has 1 aromatic carbocycles. The lowest BCUT2D eigenvalue weighted by molar-refractivity contribution is 0.0989. The van der Waals surface area contributed by atoms with Gasteiger partial charge in [0.15, 0.2) is 17.3 Å². The number of benzene rings is 1. The third kappa shape index (κ3) is 2.81. The molecule has 0 aliphatic rings. The van der Waals surface area contributed by atoms with E-state index in [1.165, 1.54) is 25.3 Å². The highest BCUT2D eigenvalue weighted by Crippen LogP contribution is 2.19. The van der Waals surface area contributed by atoms with Gasteiger partial charge in [-0.05, 0) is 25.1 Å². The van der Waals surface area contributed by atoms with Crippen molar-refractivity contribution in [2.45, 2.75) is 19.9 Å². The number of rotatable bonds is 5. The second-order valence-electron chi connectivity index (χ2n) is 4.08. The van der Waals surface area contributed by atoms with Crippen LogP contribution < -0.4 is 4.74 Å². The molecule has 0 radical (unpaired) electrons. The van der Waals surface area contributed by atoms with Crippen molar-refractivity contribution < 1.29 is 13.9 Å². The Morgan fingerprint density at radius 3 is 2.95 bits per heavy atom. The minimum atomic E-state index is -0.478. The molecule has 2 aromatic rings. The summed E-state index contributed by atoms with van der Waals surface area (Å²) in [6.07, 6.45) is 3.68. The average molecular weight is 262 g/mol. The zero-order valence-corrected chi connectivity index (χ0v) is 10.9. The molecule has 100 valence electrons. The van der Waals surface area contributed by atoms with Crippen molar-refractivity contribution in [3.63, 3.8) is 0 Å². The molecule has 0 bridgehead atoms. The number of hydrogen-bond donors (Lipinski definition) is 0. The number of aromatic nitrogens is 2. The standard InChI is InChI=1S/C14H15FN2O2/c1-3-17-7-6-16-14(17)9-12(18)10-4-5-11(15)13(8-10)19-2/h4-8H,3,9H2,1-2H3. The van der Waals surface area contributed by atoms with Crippen molar-refractivity contribution in [3.8, 4) is 5.75 Å². The molecule has 0 aliphatic carbocycles. The fourth-order valence-electron chi connectivity index (χ4n) is 1.87. The Morgan fingerprint density at radius 2 is 2.26 bits per heavy atom. The molecule has 0 aliphatic heterocycles. The van der Waals surface area contributed by atoms with Gasteiger partial charge in [0, 0.05) is 24.5 Å². The normalized spacial score (nSPS) is 10.5. The van der Waals surface area contributed by atoms with Gasteiger partial charge >= 0.3 is 0 Å². The third-order valence-electron chi connectivity index (χ3n) is 2.93. The lowest BCUT2D eigenvalue weighted by Crippen LogP contribution is -2.10. The monoisotopic (exact) mass is 262 g/mol. The molecule has 0 spiro atoms. The van der Waals surface area contributed by atoms with Crippen LogP contribution in [0.25, 0.3) is 0 Å². The second-order valence-corrected chi connectivity index (χ2v) is 4.08. The molecule has 1 aromatic heterocycles. The maximum absolute atomic E-state index is 13.3. The topological polar surface area (TPSA) is 44.1 Å². The van der Waals surface area contributed by atoms with Crippen molar-refractivity contribution in [2.24, 2.45) is 0 Å². The molecular formula is C14H15FN2O2. The van der Waals surface area contributed by atoms with Gasteiger partial charge in [0.25, 0.3) is 0 Å². The predicted molar refractivity (Wildman–Crippen MR) is 68.9 cm³/mol. The van der Waals surface area contributed by atoms with E-state index in [0.717, 1.165) is 6.54 Å². The van der Waals surface area contributed by atoms with Crippen molar-refractivity contribution in [3.05, 3.63) is 47.8 Å². The van der Waals surface area contributed by atoms with Crippen LogP contribution in [0, 0.1) is 5.82 Å². The number of methoxy groups -OCH3 is 1. The van der Waals surface area contributed by atoms with Crippen LogP contribution in [-0.4, -0.2) is 22.4 Å². The zero-order chi connectivity index (χ0) is 13.8.